The van der Waals surface area contributed by atoms with Crippen molar-refractivity contribution in [1.29, 1.82) is 5.26 Å². The number of carbonyl (C=O) groups excluding carboxylic acids is 1. The molecule has 3 nitrogen and oxygen atoms in total. The van der Waals surface area contributed by atoms with E-state index >= 15 is 0 Å². The van der Waals surface area contributed by atoms with Crippen LogP contribution in [0.5, 0.6) is 0 Å². The van der Waals surface area contributed by atoms with E-state index in [1.54, 1.807) is 30.3 Å². The molecule has 1 aromatic carbocycles. The number of ketones is 1. The Bertz CT molecular complexity index is 744. The van der Waals surface area contributed by atoms with Gasteiger partial charge >= 0.3 is 6.18 Å². The third-order valence-electron chi connectivity index (χ3n) is 3.06. The summed E-state index contributed by atoms with van der Waals surface area (Å²) in [6.45, 7) is 0. The quantitative estimate of drug-likeness (QED) is 0.801. The molecule has 1 heterocycles. The van der Waals surface area contributed by atoms with Gasteiger partial charge in [0.15, 0.2) is 11.7 Å². The monoisotopic (exact) mass is 316 g/mol. The van der Waals surface area contributed by atoms with Crippen molar-refractivity contribution in [3.8, 4) is 6.07 Å². The van der Waals surface area contributed by atoms with Crippen LogP contribution in [0.2, 0.25) is 0 Å². The van der Waals surface area contributed by atoms with E-state index in [0.717, 1.165) is 17.7 Å². The van der Waals surface area contributed by atoms with Crippen molar-refractivity contribution >= 4 is 11.9 Å². The number of nitriles is 1. The van der Waals surface area contributed by atoms with E-state index in [0.29, 0.717) is 6.20 Å². The summed E-state index contributed by atoms with van der Waals surface area (Å²) >= 11 is 0. The van der Waals surface area contributed by atoms with E-state index in [4.69, 9.17) is 5.26 Å². The molecule has 0 saturated carbocycles. The average Bonchev–Trinajstić information content (AvgIpc) is 2.54. The summed E-state index contributed by atoms with van der Waals surface area (Å²) in [6.07, 6.45) is -1.13. The van der Waals surface area contributed by atoms with Crippen LogP contribution in [0.1, 0.15) is 22.7 Å². The highest BCUT2D eigenvalue weighted by molar-refractivity contribution is 6.00. The van der Waals surface area contributed by atoms with E-state index in [1.165, 1.54) is 12.2 Å². The van der Waals surface area contributed by atoms with E-state index in [-0.39, 0.29) is 5.69 Å². The van der Waals surface area contributed by atoms with Gasteiger partial charge in [0.1, 0.15) is 0 Å². The SMILES string of the molecule is N#C[C@H](C(=O)/C=C/c1ccccc1)c1ccc(C(F)(F)F)cn1. The first kappa shape index (κ1) is 16.4. The van der Waals surface area contributed by atoms with Gasteiger partial charge in [0.25, 0.3) is 0 Å². The maximum Gasteiger partial charge on any atom is 0.417 e. The van der Waals surface area contributed by atoms with Gasteiger partial charge in [-0.05, 0) is 23.8 Å². The third kappa shape index (κ3) is 4.27. The maximum absolute atomic E-state index is 12.5. The second kappa shape index (κ2) is 6.88. The van der Waals surface area contributed by atoms with E-state index < -0.39 is 23.4 Å². The van der Waals surface area contributed by atoms with Crippen molar-refractivity contribution in [2.24, 2.45) is 0 Å². The van der Waals surface area contributed by atoms with Crippen LogP contribution in [0.25, 0.3) is 6.08 Å². The summed E-state index contributed by atoms with van der Waals surface area (Å²) in [6, 6.07) is 12.6. The van der Waals surface area contributed by atoms with E-state index in [1.807, 2.05) is 6.07 Å². The van der Waals surface area contributed by atoms with Gasteiger partial charge in [-0.1, -0.05) is 36.4 Å². The van der Waals surface area contributed by atoms with Crippen LogP contribution < -0.4 is 0 Å². The topological polar surface area (TPSA) is 53.8 Å². The maximum atomic E-state index is 12.5. The first-order chi connectivity index (χ1) is 10.9. The van der Waals surface area contributed by atoms with Crippen LogP contribution in [0.3, 0.4) is 0 Å². The Morgan fingerprint density at radius 2 is 1.87 bits per heavy atom. The predicted molar refractivity (Wildman–Crippen MR) is 78.1 cm³/mol. The summed E-state index contributed by atoms with van der Waals surface area (Å²) in [7, 11) is 0. The Kier molecular flexibility index (Phi) is 4.91. The molecule has 0 fully saturated rings. The first-order valence-electron chi connectivity index (χ1n) is 6.61. The molecule has 0 saturated heterocycles. The van der Waals surface area contributed by atoms with Gasteiger partial charge < -0.3 is 0 Å². The third-order valence-corrected chi connectivity index (χ3v) is 3.06. The lowest BCUT2D eigenvalue weighted by molar-refractivity contribution is -0.137. The van der Waals surface area contributed by atoms with E-state index in [2.05, 4.69) is 4.98 Å². The zero-order chi connectivity index (χ0) is 16.9. The summed E-state index contributed by atoms with van der Waals surface area (Å²) in [4.78, 5) is 15.7. The summed E-state index contributed by atoms with van der Waals surface area (Å²) < 4.78 is 37.5. The van der Waals surface area contributed by atoms with Crippen molar-refractivity contribution in [1.82, 2.24) is 4.98 Å². The van der Waals surface area contributed by atoms with Crippen molar-refractivity contribution in [2.45, 2.75) is 12.1 Å². The number of hydrogen-bond acceptors (Lipinski definition) is 3. The van der Waals surface area contributed by atoms with Crippen molar-refractivity contribution < 1.29 is 18.0 Å². The number of alkyl halides is 3. The number of rotatable bonds is 4. The minimum atomic E-state index is -4.51. The van der Waals surface area contributed by atoms with Crippen molar-refractivity contribution in [2.75, 3.05) is 0 Å². The molecule has 0 amide bonds. The number of pyridine rings is 1. The lowest BCUT2D eigenvalue weighted by Gasteiger charge is -2.08. The predicted octanol–water partition coefficient (Wildman–Crippen LogP) is 3.99. The molecule has 23 heavy (non-hydrogen) atoms. The first-order valence-corrected chi connectivity index (χ1v) is 6.61. The number of nitrogens with zero attached hydrogens (tertiary/aromatic N) is 2. The zero-order valence-electron chi connectivity index (χ0n) is 11.8. The van der Waals surface area contributed by atoms with Gasteiger partial charge in [0.05, 0.1) is 17.3 Å². The normalized spacial score (nSPS) is 12.8. The van der Waals surface area contributed by atoms with Crippen LogP contribution in [0.15, 0.2) is 54.7 Å². The number of carbonyl (C=O) groups is 1. The molecule has 2 aromatic rings. The Hall–Kier alpha value is -2.94. The molecule has 0 N–H and O–H groups in total. The highest BCUT2D eigenvalue weighted by atomic mass is 19.4. The standard InChI is InChI=1S/C17H11F3N2O/c18-17(19,20)13-7-8-15(22-11-13)14(10-21)16(23)9-6-12-4-2-1-3-5-12/h1-9,11,14H/b9-6+/t14-/m0/s1. The smallest absolute Gasteiger partial charge is 0.293 e. The summed E-state index contributed by atoms with van der Waals surface area (Å²) in [5.74, 6) is -1.78. The van der Waals surface area contributed by atoms with Gasteiger partial charge in [0.2, 0.25) is 0 Å². The fourth-order valence-electron chi connectivity index (χ4n) is 1.86. The Balaban J connectivity index is 2.18. The largest absolute Gasteiger partial charge is 0.417 e. The lowest BCUT2D eigenvalue weighted by atomic mass is 9.99. The fraction of sp³-hybridized carbons (Fsp3) is 0.118. The number of hydrogen-bond donors (Lipinski definition) is 0. The Labute approximate surface area is 130 Å². The molecule has 0 bridgehead atoms. The number of halogens is 3. The Morgan fingerprint density at radius 1 is 1.17 bits per heavy atom. The molecule has 6 heteroatoms. The Morgan fingerprint density at radius 3 is 2.39 bits per heavy atom. The van der Waals surface area contributed by atoms with Gasteiger partial charge in [0, 0.05) is 6.20 Å². The zero-order valence-corrected chi connectivity index (χ0v) is 11.8. The minimum absolute atomic E-state index is 0.0109. The van der Waals surface area contributed by atoms with Crippen LogP contribution in [-0.4, -0.2) is 10.8 Å². The molecule has 1 aromatic heterocycles. The molecular formula is C17H11F3N2O. The highest BCUT2D eigenvalue weighted by Gasteiger charge is 2.31. The average molecular weight is 316 g/mol. The molecule has 116 valence electrons. The molecule has 2 rings (SSSR count). The number of aromatic nitrogens is 1. The van der Waals surface area contributed by atoms with Gasteiger partial charge in [-0.2, -0.15) is 18.4 Å². The van der Waals surface area contributed by atoms with Gasteiger partial charge in [-0.15, -0.1) is 0 Å². The van der Waals surface area contributed by atoms with Crippen molar-refractivity contribution in [3.63, 3.8) is 0 Å². The number of allylic oxidation sites excluding steroid dienone is 1. The molecule has 1 atom stereocenters. The van der Waals surface area contributed by atoms with Gasteiger partial charge in [-0.3, -0.25) is 9.78 Å². The second-order valence-corrected chi connectivity index (χ2v) is 4.68. The summed E-state index contributed by atoms with van der Waals surface area (Å²) in [5.41, 5.74) is -0.161. The molecule has 0 aliphatic rings. The molecule has 0 aliphatic carbocycles. The molecule has 0 radical (unpaired) electrons. The molecule has 0 unspecified atom stereocenters. The highest BCUT2D eigenvalue weighted by Crippen LogP contribution is 2.29. The minimum Gasteiger partial charge on any atom is -0.293 e. The number of benzene rings is 1. The van der Waals surface area contributed by atoms with E-state index in [9.17, 15) is 18.0 Å². The van der Waals surface area contributed by atoms with Crippen LogP contribution in [0, 0.1) is 11.3 Å². The van der Waals surface area contributed by atoms with Crippen LogP contribution in [-0.2, 0) is 11.0 Å². The van der Waals surface area contributed by atoms with Crippen LogP contribution in [0.4, 0.5) is 13.2 Å². The molecular weight excluding hydrogens is 305 g/mol. The summed E-state index contributed by atoms with van der Waals surface area (Å²) in [5, 5.41) is 9.11. The van der Waals surface area contributed by atoms with Crippen LogP contribution >= 0.6 is 0 Å². The molecule has 0 spiro atoms. The lowest BCUT2D eigenvalue weighted by Crippen LogP contribution is -2.11. The molecule has 0 aliphatic heterocycles. The second-order valence-electron chi connectivity index (χ2n) is 4.68. The fourth-order valence-corrected chi connectivity index (χ4v) is 1.86. The van der Waals surface area contributed by atoms with Crippen molar-refractivity contribution in [3.05, 3.63) is 71.6 Å². The van der Waals surface area contributed by atoms with Gasteiger partial charge in [-0.25, -0.2) is 0 Å².